The first-order valence-electron chi connectivity index (χ1n) is 10.3. The van der Waals surface area contributed by atoms with Gasteiger partial charge in [0.15, 0.2) is 0 Å². The molecule has 0 atom stereocenters. The van der Waals surface area contributed by atoms with Gasteiger partial charge in [0.2, 0.25) is 11.8 Å². The van der Waals surface area contributed by atoms with Crippen molar-refractivity contribution in [3.05, 3.63) is 72.5 Å². The van der Waals surface area contributed by atoms with Crippen LogP contribution in [0.5, 0.6) is 11.6 Å². The number of ether oxygens (including phenoxy) is 1. The monoisotopic (exact) mass is 462 g/mol. The molecule has 3 aromatic rings. The van der Waals surface area contributed by atoms with Crippen molar-refractivity contribution in [2.75, 3.05) is 15.6 Å². The Morgan fingerprint density at radius 3 is 2.67 bits per heavy atom. The van der Waals surface area contributed by atoms with Crippen LogP contribution in [0.15, 0.2) is 67.5 Å². The van der Waals surface area contributed by atoms with Crippen molar-refractivity contribution < 1.29 is 14.3 Å². The van der Waals surface area contributed by atoms with Crippen LogP contribution in [0.25, 0.3) is 0 Å². The third kappa shape index (κ3) is 4.44. The van der Waals surface area contributed by atoms with Crippen molar-refractivity contribution in [3.8, 4) is 11.6 Å². The van der Waals surface area contributed by atoms with E-state index < -0.39 is 0 Å². The fraction of sp³-hybridized carbons (Fsp3) is 0.130. The van der Waals surface area contributed by atoms with E-state index in [2.05, 4.69) is 27.2 Å². The van der Waals surface area contributed by atoms with Crippen LogP contribution in [-0.4, -0.2) is 33.0 Å². The van der Waals surface area contributed by atoms with Gasteiger partial charge in [-0.1, -0.05) is 30.3 Å². The van der Waals surface area contributed by atoms with Crippen molar-refractivity contribution in [1.29, 1.82) is 0 Å². The van der Waals surface area contributed by atoms with E-state index in [1.807, 2.05) is 6.07 Å². The lowest BCUT2D eigenvalue weighted by molar-refractivity contribution is -0.111. The molecule has 1 aromatic heterocycles. The molecule has 0 bridgehead atoms. The van der Waals surface area contributed by atoms with Crippen molar-refractivity contribution >= 4 is 46.4 Å². The van der Waals surface area contributed by atoms with E-state index in [9.17, 15) is 9.59 Å². The number of hydrogen-bond donors (Lipinski definition) is 2. The molecule has 2 heterocycles. The minimum Gasteiger partial charge on any atom is -0.439 e. The highest BCUT2D eigenvalue weighted by Gasteiger charge is 2.53. The maximum atomic E-state index is 12.0. The predicted molar refractivity (Wildman–Crippen MR) is 125 cm³/mol. The number of halogens is 1. The lowest BCUT2D eigenvalue weighted by atomic mass is 10.2. The molecule has 1 saturated carbocycles. The standard InChI is InChI=1S/C23H19ClN6O3/c1-2-21(31)28-18-6-4-3-5-17(18)27-20-12-22(26-13-25-20)33-15-9-10-19(16(24)11-15)30-23(32)29(30)14-7-8-14/h2-6,9-14H,1,7-8H2,(H,28,31)(H,25,26,27). The average Bonchev–Trinajstić information content (AvgIpc) is 3.72. The van der Waals surface area contributed by atoms with E-state index in [1.54, 1.807) is 52.5 Å². The molecular formula is C23H19ClN6O3. The van der Waals surface area contributed by atoms with Crippen LogP contribution >= 0.6 is 11.6 Å². The highest BCUT2D eigenvalue weighted by atomic mass is 35.5. The molecule has 1 aliphatic carbocycles. The van der Waals surface area contributed by atoms with Crippen molar-refractivity contribution in [2.24, 2.45) is 0 Å². The third-order valence-corrected chi connectivity index (χ3v) is 5.39. The molecule has 2 fully saturated rings. The molecule has 0 radical (unpaired) electrons. The maximum absolute atomic E-state index is 12.0. The average molecular weight is 463 g/mol. The SMILES string of the molecule is C=CC(=O)Nc1ccccc1Nc1cc(Oc2ccc(N3C(=O)N3C3CC3)c(Cl)c2)ncn1. The Morgan fingerprint density at radius 1 is 1.15 bits per heavy atom. The molecule has 166 valence electrons. The molecule has 5 rings (SSSR count). The topological polar surface area (TPSA) is 99.2 Å². The first-order valence-corrected chi connectivity index (χ1v) is 10.6. The molecule has 10 heteroatoms. The Labute approximate surface area is 194 Å². The van der Waals surface area contributed by atoms with Crippen molar-refractivity contribution in [3.63, 3.8) is 0 Å². The van der Waals surface area contributed by atoms with E-state index in [0.29, 0.717) is 45.6 Å². The summed E-state index contributed by atoms with van der Waals surface area (Å²) in [5.74, 6) is 0.921. The zero-order chi connectivity index (χ0) is 22.9. The number of benzene rings is 2. The summed E-state index contributed by atoms with van der Waals surface area (Å²) in [6.45, 7) is 3.46. The van der Waals surface area contributed by atoms with E-state index in [0.717, 1.165) is 12.8 Å². The van der Waals surface area contributed by atoms with Gasteiger partial charge in [0.1, 0.15) is 17.9 Å². The zero-order valence-electron chi connectivity index (χ0n) is 17.4. The lowest BCUT2D eigenvalue weighted by Crippen LogP contribution is -2.09. The van der Waals surface area contributed by atoms with Gasteiger partial charge in [0.25, 0.3) is 0 Å². The van der Waals surface area contributed by atoms with Crippen molar-refractivity contribution in [1.82, 2.24) is 15.0 Å². The number of para-hydroxylation sites is 2. The lowest BCUT2D eigenvalue weighted by Gasteiger charge is -2.12. The number of urea groups is 1. The van der Waals surface area contributed by atoms with Gasteiger partial charge in [-0.05, 0) is 43.2 Å². The van der Waals surface area contributed by atoms with E-state index >= 15 is 0 Å². The maximum Gasteiger partial charge on any atom is 0.363 e. The summed E-state index contributed by atoms with van der Waals surface area (Å²) in [5.41, 5.74) is 1.85. The largest absolute Gasteiger partial charge is 0.439 e. The van der Waals surface area contributed by atoms with Gasteiger partial charge < -0.3 is 15.4 Å². The number of hydrogen-bond acceptors (Lipinski definition) is 6. The number of hydrazine groups is 1. The summed E-state index contributed by atoms with van der Waals surface area (Å²) in [4.78, 5) is 32.1. The number of carbonyl (C=O) groups excluding carboxylic acids is 2. The highest BCUT2D eigenvalue weighted by Crippen LogP contribution is 2.43. The molecule has 33 heavy (non-hydrogen) atoms. The Hall–Kier alpha value is -4.11. The van der Waals surface area contributed by atoms with Gasteiger partial charge in [0, 0.05) is 12.1 Å². The normalized spacial score (nSPS) is 14.6. The smallest absolute Gasteiger partial charge is 0.363 e. The van der Waals surface area contributed by atoms with Crippen LogP contribution < -0.4 is 20.4 Å². The summed E-state index contributed by atoms with van der Waals surface area (Å²) in [6, 6.07) is 14.2. The molecule has 3 amide bonds. The molecule has 1 saturated heterocycles. The Bertz CT molecular complexity index is 1260. The van der Waals surface area contributed by atoms with Gasteiger partial charge in [-0.15, -0.1) is 0 Å². The number of rotatable bonds is 8. The number of carbonyl (C=O) groups is 2. The minimum atomic E-state index is -0.319. The summed E-state index contributed by atoms with van der Waals surface area (Å²) in [6.07, 6.45) is 4.61. The first kappa shape index (κ1) is 20.8. The zero-order valence-corrected chi connectivity index (χ0v) is 18.1. The second-order valence-corrected chi connectivity index (χ2v) is 7.90. The molecule has 2 aliphatic rings. The minimum absolute atomic E-state index is 0.0378. The molecule has 2 N–H and O–H groups in total. The number of nitrogens with zero attached hydrogens (tertiary/aromatic N) is 4. The molecule has 1 aliphatic heterocycles. The van der Waals surface area contributed by atoms with Crippen LogP contribution in [0.4, 0.5) is 27.7 Å². The van der Waals surface area contributed by atoms with Gasteiger partial charge in [-0.3, -0.25) is 4.79 Å². The van der Waals surface area contributed by atoms with Gasteiger partial charge >= 0.3 is 6.03 Å². The Kier molecular flexibility index (Phi) is 5.31. The van der Waals surface area contributed by atoms with Gasteiger partial charge in [-0.25, -0.2) is 19.8 Å². The number of aromatic nitrogens is 2. The fourth-order valence-corrected chi connectivity index (χ4v) is 3.58. The van der Waals surface area contributed by atoms with E-state index in [1.165, 1.54) is 12.4 Å². The third-order valence-electron chi connectivity index (χ3n) is 5.09. The molecule has 2 aromatic carbocycles. The highest BCUT2D eigenvalue weighted by molar-refractivity contribution is 6.34. The fourth-order valence-electron chi connectivity index (χ4n) is 3.33. The number of anilines is 4. The molecule has 0 unspecified atom stereocenters. The van der Waals surface area contributed by atoms with Crippen LogP contribution in [0.1, 0.15) is 12.8 Å². The quantitative estimate of drug-likeness (QED) is 0.356. The Balaban J connectivity index is 1.29. The molecular weight excluding hydrogens is 444 g/mol. The molecule has 0 spiro atoms. The molecule has 9 nitrogen and oxygen atoms in total. The van der Waals surface area contributed by atoms with Gasteiger partial charge in [-0.2, -0.15) is 5.01 Å². The predicted octanol–water partition coefficient (Wildman–Crippen LogP) is 5.11. The van der Waals surface area contributed by atoms with E-state index in [4.69, 9.17) is 16.3 Å². The number of nitrogens with one attached hydrogen (secondary N) is 2. The second-order valence-electron chi connectivity index (χ2n) is 7.49. The first-order chi connectivity index (χ1) is 16.0. The van der Waals surface area contributed by atoms with Crippen LogP contribution in [0.3, 0.4) is 0 Å². The van der Waals surface area contributed by atoms with Gasteiger partial charge in [0.05, 0.1) is 28.1 Å². The summed E-state index contributed by atoms with van der Waals surface area (Å²) < 4.78 is 5.84. The number of amides is 3. The second kappa shape index (κ2) is 8.44. The Morgan fingerprint density at radius 2 is 1.94 bits per heavy atom. The van der Waals surface area contributed by atoms with Crippen LogP contribution in [0.2, 0.25) is 5.02 Å². The van der Waals surface area contributed by atoms with Crippen LogP contribution in [0, 0.1) is 0 Å². The van der Waals surface area contributed by atoms with E-state index in [-0.39, 0.29) is 11.9 Å². The van der Waals surface area contributed by atoms with Crippen LogP contribution in [-0.2, 0) is 4.79 Å². The van der Waals surface area contributed by atoms with Crippen molar-refractivity contribution in [2.45, 2.75) is 18.9 Å². The summed E-state index contributed by atoms with van der Waals surface area (Å²) in [5, 5.41) is 9.59. The summed E-state index contributed by atoms with van der Waals surface area (Å²) >= 11 is 6.41. The summed E-state index contributed by atoms with van der Waals surface area (Å²) in [7, 11) is 0.